The van der Waals surface area contributed by atoms with Gasteiger partial charge in [-0.1, -0.05) is 42.8 Å². The number of rotatable bonds is 1. The van der Waals surface area contributed by atoms with Gasteiger partial charge in [0, 0.05) is 12.3 Å². The first-order valence-corrected chi connectivity index (χ1v) is 6.78. The van der Waals surface area contributed by atoms with Gasteiger partial charge in [-0.15, -0.1) is 0 Å². The molecule has 1 aliphatic rings. The van der Waals surface area contributed by atoms with Crippen LogP contribution in [0, 0.1) is 6.92 Å². The van der Waals surface area contributed by atoms with Crippen molar-refractivity contribution in [2.75, 3.05) is 0 Å². The monoisotopic (exact) mass is 238 g/mol. The zero-order valence-electron chi connectivity index (χ0n) is 10.8. The maximum atomic E-state index is 12.1. The Balaban J connectivity index is 2.17. The topological polar surface area (TPSA) is 17.1 Å². The molecule has 92 valence electrons. The predicted octanol–water partition coefficient (Wildman–Crippen LogP) is 4.37. The van der Waals surface area contributed by atoms with Crippen molar-refractivity contribution < 1.29 is 4.79 Å². The highest BCUT2D eigenvalue weighted by Crippen LogP contribution is 2.35. The van der Waals surface area contributed by atoms with Gasteiger partial charge in [-0.2, -0.15) is 0 Å². The molecule has 1 nitrogen and oxygen atoms in total. The van der Waals surface area contributed by atoms with E-state index >= 15 is 0 Å². The normalized spacial score (nSPS) is 20.3. The number of hydrogen-bond donors (Lipinski definition) is 0. The zero-order valence-corrected chi connectivity index (χ0v) is 10.8. The second kappa shape index (κ2) is 4.56. The summed E-state index contributed by atoms with van der Waals surface area (Å²) in [5.41, 5.74) is 2.53. The lowest BCUT2D eigenvalue weighted by molar-refractivity contribution is -0.121. The van der Waals surface area contributed by atoms with Gasteiger partial charge in [0.25, 0.3) is 0 Å². The summed E-state index contributed by atoms with van der Waals surface area (Å²) in [5.74, 6) is 0.555. The van der Waals surface area contributed by atoms with Gasteiger partial charge in [-0.25, -0.2) is 0 Å². The number of ketones is 1. The molecule has 0 aliphatic heterocycles. The number of fused-ring (bicyclic) bond motifs is 1. The molecule has 0 amide bonds. The molecular weight excluding hydrogens is 220 g/mol. The molecule has 0 spiro atoms. The largest absolute Gasteiger partial charge is 0.299 e. The van der Waals surface area contributed by atoms with E-state index in [2.05, 4.69) is 43.3 Å². The van der Waals surface area contributed by atoms with Crippen molar-refractivity contribution in [3.8, 4) is 0 Å². The number of carbonyl (C=O) groups excluding carboxylic acids is 1. The Kier molecular flexibility index (Phi) is 2.91. The molecule has 0 heterocycles. The molecule has 0 saturated heterocycles. The summed E-state index contributed by atoms with van der Waals surface area (Å²) in [6, 6.07) is 12.8. The van der Waals surface area contributed by atoms with Crippen molar-refractivity contribution in [2.45, 2.75) is 38.5 Å². The fourth-order valence-electron chi connectivity index (χ4n) is 3.09. The number of benzene rings is 2. The van der Waals surface area contributed by atoms with Gasteiger partial charge in [-0.05, 0) is 41.7 Å². The average molecular weight is 238 g/mol. The Morgan fingerprint density at radius 2 is 1.78 bits per heavy atom. The van der Waals surface area contributed by atoms with E-state index in [1.54, 1.807) is 0 Å². The van der Waals surface area contributed by atoms with E-state index in [9.17, 15) is 4.79 Å². The van der Waals surface area contributed by atoms with Gasteiger partial charge in [0.15, 0.2) is 0 Å². The maximum absolute atomic E-state index is 12.1. The van der Waals surface area contributed by atoms with E-state index in [4.69, 9.17) is 0 Å². The Morgan fingerprint density at radius 1 is 1.00 bits per heavy atom. The zero-order chi connectivity index (χ0) is 12.5. The van der Waals surface area contributed by atoms with E-state index in [0.717, 1.165) is 19.3 Å². The number of aryl methyl sites for hydroxylation is 1. The Labute approximate surface area is 108 Å². The average Bonchev–Trinajstić information content (AvgIpc) is 2.41. The van der Waals surface area contributed by atoms with Crippen LogP contribution in [-0.4, -0.2) is 5.78 Å². The van der Waals surface area contributed by atoms with Crippen LogP contribution in [0.1, 0.15) is 42.7 Å². The quantitative estimate of drug-likeness (QED) is 0.720. The van der Waals surface area contributed by atoms with Crippen molar-refractivity contribution in [1.29, 1.82) is 0 Å². The van der Waals surface area contributed by atoms with Crippen LogP contribution in [0.5, 0.6) is 0 Å². The summed E-state index contributed by atoms with van der Waals surface area (Å²) < 4.78 is 0. The second-order valence-corrected chi connectivity index (χ2v) is 5.28. The highest BCUT2D eigenvalue weighted by molar-refractivity contribution is 5.95. The lowest BCUT2D eigenvalue weighted by Gasteiger charge is -2.22. The molecular formula is C17H18O. The van der Waals surface area contributed by atoms with Crippen LogP contribution < -0.4 is 0 Å². The smallest absolute Gasteiger partial charge is 0.140 e. The van der Waals surface area contributed by atoms with Crippen LogP contribution in [0.15, 0.2) is 36.4 Å². The lowest BCUT2D eigenvalue weighted by atomic mass is 9.80. The number of carbonyl (C=O) groups is 1. The Hall–Kier alpha value is -1.63. The first-order chi connectivity index (χ1) is 8.77. The summed E-state index contributed by atoms with van der Waals surface area (Å²) >= 11 is 0. The third-order valence-corrected chi connectivity index (χ3v) is 4.11. The molecule has 1 heteroatoms. The molecule has 1 aliphatic carbocycles. The molecule has 1 saturated carbocycles. The van der Waals surface area contributed by atoms with E-state index in [1.807, 2.05) is 0 Å². The summed E-state index contributed by atoms with van der Waals surface area (Å²) in [5, 5.41) is 2.55. The van der Waals surface area contributed by atoms with Gasteiger partial charge in [0.05, 0.1) is 0 Å². The Bertz CT molecular complexity index is 598. The minimum atomic E-state index is 0.129. The van der Waals surface area contributed by atoms with Crippen LogP contribution in [0.4, 0.5) is 0 Å². The molecule has 0 N–H and O–H groups in total. The molecule has 1 fully saturated rings. The molecule has 2 aromatic rings. The number of hydrogen-bond acceptors (Lipinski definition) is 1. The minimum Gasteiger partial charge on any atom is -0.299 e. The number of Topliss-reactive ketones (excluding diaryl/α,β-unsaturated/α-hetero) is 1. The third-order valence-electron chi connectivity index (χ3n) is 4.11. The van der Waals surface area contributed by atoms with Crippen LogP contribution in [0.25, 0.3) is 10.8 Å². The molecule has 18 heavy (non-hydrogen) atoms. The SMILES string of the molecule is Cc1ccc(C2CCCCC2=O)c2ccccc12. The van der Waals surface area contributed by atoms with Crippen LogP contribution in [0.3, 0.4) is 0 Å². The first kappa shape index (κ1) is 11.5. The van der Waals surface area contributed by atoms with Gasteiger partial charge >= 0.3 is 0 Å². The highest BCUT2D eigenvalue weighted by atomic mass is 16.1. The van der Waals surface area contributed by atoms with Crippen LogP contribution in [-0.2, 0) is 4.79 Å². The maximum Gasteiger partial charge on any atom is 0.140 e. The van der Waals surface area contributed by atoms with Crippen molar-refractivity contribution in [3.05, 3.63) is 47.5 Å². The molecule has 0 aromatic heterocycles. The van der Waals surface area contributed by atoms with Crippen molar-refractivity contribution >= 4 is 16.6 Å². The summed E-state index contributed by atoms with van der Waals surface area (Å²) in [4.78, 5) is 12.1. The van der Waals surface area contributed by atoms with Crippen LogP contribution >= 0.6 is 0 Å². The summed E-state index contributed by atoms with van der Waals surface area (Å²) in [6.07, 6.45) is 4.02. The highest BCUT2D eigenvalue weighted by Gasteiger charge is 2.25. The van der Waals surface area contributed by atoms with Gasteiger partial charge in [-0.3, -0.25) is 4.79 Å². The van der Waals surface area contributed by atoms with Crippen molar-refractivity contribution in [1.82, 2.24) is 0 Å². The van der Waals surface area contributed by atoms with Gasteiger partial charge < -0.3 is 0 Å². The van der Waals surface area contributed by atoms with Crippen molar-refractivity contribution in [2.24, 2.45) is 0 Å². The van der Waals surface area contributed by atoms with E-state index in [0.29, 0.717) is 5.78 Å². The first-order valence-electron chi connectivity index (χ1n) is 6.78. The molecule has 2 aromatic carbocycles. The molecule has 1 unspecified atom stereocenters. The van der Waals surface area contributed by atoms with E-state index < -0.39 is 0 Å². The molecule has 0 radical (unpaired) electrons. The van der Waals surface area contributed by atoms with Crippen LogP contribution in [0.2, 0.25) is 0 Å². The standard InChI is InChI=1S/C17H18O/c1-12-10-11-15(14-7-3-2-6-13(12)14)16-8-4-5-9-17(16)18/h2-3,6-7,10-11,16H,4-5,8-9H2,1H3. The summed E-state index contributed by atoms with van der Waals surface area (Å²) in [6.45, 7) is 2.13. The van der Waals surface area contributed by atoms with Crippen molar-refractivity contribution in [3.63, 3.8) is 0 Å². The minimum absolute atomic E-state index is 0.129. The lowest BCUT2D eigenvalue weighted by Crippen LogP contribution is -2.17. The second-order valence-electron chi connectivity index (χ2n) is 5.28. The van der Waals surface area contributed by atoms with E-state index in [-0.39, 0.29) is 5.92 Å². The molecule has 0 bridgehead atoms. The predicted molar refractivity (Wildman–Crippen MR) is 74.9 cm³/mol. The fraction of sp³-hybridized carbons (Fsp3) is 0.353. The third kappa shape index (κ3) is 1.84. The molecule has 3 rings (SSSR count). The molecule has 1 atom stereocenters. The van der Waals surface area contributed by atoms with Gasteiger partial charge in [0.1, 0.15) is 5.78 Å². The Morgan fingerprint density at radius 3 is 2.56 bits per heavy atom. The van der Waals surface area contributed by atoms with E-state index in [1.165, 1.54) is 28.3 Å². The summed E-state index contributed by atoms with van der Waals surface area (Å²) in [7, 11) is 0. The van der Waals surface area contributed by atoms with Gasteiger partial charge in [0.2, 0.25) is 0 Å². The fourth-order valence-corrected chi connectivity index (χ4v) is 3.09.